The third kappa shape index (κ3) is 6.68. The van der Waals surface area contributed by atoms with E-state index in [1.165, 1.54) is 6.92 Å². The molecule has 0 spiro atoms. The Morgan fingerprint density at radius 2 is 1.90 bits per heavy atom. The van der Waals surface area contributed by atoms with E-state index in [1.807, 2.05) is 0 Å². The minimum absolute atomic E-state index is 0.167. The number of halogens is 3. The van der Waals surface area contributed by atoms with Crippen LogP contribution in [0.4, 0.5) is 18.0 Å². The first-order valence-electron chi connectivity index (χ1n) is 7.03. The minimum atomic E-state index is -4.33. The number of alkyl halides is 3. The van der Waals surface area contributed by atoms with Gasteiger partial charge in [0.1, 0.15) is 0 Å². The fraction of sp³-hybridized carbons (Fsp3) is 0.846. The summed E-state index contributed by atoms with van der Waals surface area (Å²) in [4.78, 5) is 22.6. The number of carbonyl (C=O) groups is 2. The Balaban J connectivity index is 2.36. The highest BCUT2D eigenvalue weighted by atomic mass is 19.4. The van der Waals surface area contributed by atoms with Gasteiger partial charge in [-0.15, -0.1) is 0 Å². The smallest absolute Gasteiger partial charge is 0.391 e. The monoisotopic (exact) mass is 310 g/mol. The highest BCUT2D eigenvalue weighted by molar-refractivity contribution is 5.74. The van der Waals surface area contributed by atoms with E-state index < -0.39 is 36.6 Å². The molecule has 122 valence electrons. The molecule has 3 N–H and O–H groups in total. The third-order valence-electron chi connectivity index (χ3n) is 3.67. The molecule has 0 bridgehead atoms. The molecule has 0 heterocycles. The lowest BCUT2D eigenvalue weighted by molar-refractivity contribution is -0.145. The van der Waals surface area contributed by atoms with Gasteiger partial charge in [-0.3, -0.25) is 4.79 Å². The minimum Gasteiger partial charge on any atom is -0.481 e. The van der Waals surface area contributed by atoms with E-state index in [0.29, 0.717) is 12.8 Å². The summed E-state index contributed by atoms with van der Waals surface area (Å²) >= 11 is 0. The van der Waals surface area contributed by atoms with Crippen molar-refractivity contribution in [3.8, 4) is 0 Å². The van der Waals surface area contributed by atoms with E-state index in [4.69, 9.17) is 5.11 Å². The van der Waals surface area contributed by atoms with Gasteiger partial charge in [0.05, 0.1) is 12.3 Å². The van der Waals surface area contributed by atoms with Crippen molar-refractivity contribution in [2.75, 3.05) is 6.54 Å². The molecular formula is C13H21F3N2O3. The van der Waals surface area contributed by atoms with E-state index in [2.05, 4.69) is 10.6 Å². The molecular weight excluding hydrogens is 289 g/mol. The molecule has 1 rings (SSSR count). The Bertz CT molecular complexity index is 374. The Hall–Kier alpha value is -1.47. The summed E-state index contributed by atoms with van der Waals surface area (Å²) in [5, 5.41) is 13.8. The largest absolute Gasteiger partial charge is 0.481 e. The molecule has 0 aromatic rings. The van der Waals surface area contributed by atoms with E-state index in [1.54, 1.807) is 0 Å². The van der Waals surface area contributed by atoms with E-state index >= 15 is 0 Å². The van der Waals surface area contributed by atoms with Gasteiger partial charge in [-0.05, 0) is 25.7 Å². The van der Waals surface area contributed by atoms with Crippen molar-refractivity contribution >= 4 is 12.0 Å². The number of nitrogens with one attached hydrogen (secondary N) is 2. The second-order valence-corrected chi connectivity index (χ2v) is 5.56. The number of amides is 2. The molecule has 0 aromatic carbocycles. The van der Waals surface area contributed by atoms with Gasteiger partial charge in [-0.1, -0.05) is 12.8 Å². The van der Waals surface area contributed by atoms with Crippen molar-refractivity contribution in [2.24, 2.45) is 11.8 Å². The fourth-order valence-electron chi connectivity index (χ4n) is 2.67. The van der Waals surface area contributed by atoms with E-state index in [-0.39, 0.29) is 12.5 Å². The van der Waals surface area contributed by atoms with Crippen molar-refractivity contribution in [3.63, 3.8) is 0 Å². The van der Waals surface area contributed by atoms with Crippen LogP contribution < -0.4 is 10.6 Å². The van der Waals surface area contributed by atoms with Crippen LogP contribution in [-0.2, 0) is 4.79 Å². The summed E-state index contributed by atoms with van der Waals surface area (Å²) in [5.74, 6) is -1.54. The molecule has 3 atom stereocenters. The summed E-state index contributed by atoms with van der Waals surface area (Å²) in [6.07, 6.45) is -2.39. The second-order valence-electron chi connectivity index (χ2n) is 5.56. The Morgan fingerprint density at radius 3 is 2.48 bits per heavy atom. The molecule has 1 aliphatic carbocycles. The van der Waals surface area contributed by atoms with Crippen molar-refractivity contribution in [1.29, 1.82) is 0 Å². The van der Waals surface area contributed by atoms with Crippen LogP contribution >= 0.6 is 0 Å². The molecule has 0 aliphatic heterocycles. The number of carboxylic acid groups (broad SMARTS) is 1. The zero-order chi connectivity index (χ0) is 16.0. The number of carboxylic acids is 1. The molecule has 1 fully saturated rings. The standard InChI is InChI=1S/C13H21F3N2O3/c1-8(6-13(14,15)16)18-12(21)17-7-9-4-2-3-5-10(9)11(19)20/h8-10H,2-7H2,1H3,(H,19,20)(H2,17,18,21). The van der Waals surface area contributed by atoms with E-state index in [9.17, 15) is 22.8 Å². The third-order valence-corrected chi connectivity index (χ3v) is 3.67. The van der Waals surface area contributed by atoms with Gasteiger partial charge in [0, 0.05) is 12.6 Å². The van der Waals surface area contributed by atoms with Crippen molar-refractivity contribution < 1.29 is 27.9 Å². The molecule has 5 nitrogen and oxygen atoms in total. The van der Waals surface area contributed by atoms with Crippen LogP contribution in [0.2, 0.25) is 0 Å². The zero-order valence-electron chi connectivity index (χ0n) is 11.9. The highest BCUT2D eigenvalue weighted by Crippen LogP contribution is 2.29. The van der Waals surface area contributed by atoms with Crippen LogP contribution in [0, 0.1) is 11.8 Å². The molecule has 0 saturated heterocycles. The maximum Gasteiger partial charge on any atom is 0.391 e. The average molecular weight is 310 g/mol. The van der Waals surface area contributed by atoms with Gasteiger partial charge in [0.2, 0.25) is 0 Å². The molecule has 21 heavy (non-hydrogen) atoms. The predicted octanol–water partition coefficient (Wildman–Crippen LogP) is 2.52. The summed E-state index contributed by atoms with van der Waals surface area (Å²) in [6.45, 7) is 1.44. The first kappa shape index (κ1) is 17.6. The number of rotatable bonds is 5. The Morgan fingerprint density at radius 1 is 1.29 bits per heavy atom. The van der Waals surface area contributed by atoms with Gasteiger partial charge in [-0.2, -0.15) is 13.2 Å². The summed E-state index contributed by atoms with van der Waals surface area (Å²) in [5.41, 5.74) is 0. The van der Waals surface area contributed by atoms with Gasteiger partial charge < -0.3 is 15.7 Å². The quantitative estimate of drug-likeness (QED) is 0.730. The maximum atomic E-state index is 12.1. The summed E-state index contributed by atoms with van der Waals surface area (Å²) in [7, 11) is 0. The molecule has 1 saturated carbocycles. The van der Waals surface area contributed by atoms with Gasteiger partial charge in [-0.25, -0.2) is 4.79 Å². The van der Waals surface area contributed by atoms with Crippen LogP contribution in [0.15, 0.2) is 0 Å². The maximum absolute atomic E-state index is 12.1. The lowest BCUT2D eigenvalue weighted by Crippen LogP contribution is -2.45. The predicted molar refractivity (Wildman–Crippen MR) is 69.8 cm³/mol. The summed E-state index contributed by atoms with van der Waals surface area (Å²) in [6, 6.07) is -1.71. The topological polar surface area (TPSA) is 78.4 Å². The van der Waals surface area contributed by atoms with Crippen molar-refractivity contribution in [1.82, 2.24) is 10.6 Å². The first-order chi connectivity index (χ1) is 9.69. The van der Waals surface area contributed by atoms with Crippen LogP contribution in [0.5, 0.6) is 0 Å². The molecule has 0 radical (unpaired) electrons. The normalized spacial score (nSPS) is 24.2. The van der Waals surface area contributed by atoms with Crippen molar-refractivity contribution in [2.45, 2.75) is 51.2 Å². The van der Waals surface area contributed by atoms with Gasteiger partial charge >= 0.3 is 18.2 Å². The Labute approximate surface area is 121 Å². The lowest BCUT2D eigenvalue weighted by atomic mass is 9.79. The number of carbonyl (C=O) groups excluding carboxylic acids is 1. The Kier molecular flexibility index (Phi) is 6.29. The number of hydrogen-bond acceptors (Lipinski definition) is 2. The molecule has 1 aliphatic rings. The first-order valence-corrected chi connectivity index (χ1v) is 7.03. The molecule has 0 aromatic heterocycles. The molecule has 2 amide bonds. The van der Waals surface area contributed by atoms with Crippen LogP contribution in [0.1, 0.15) is 39.0 Å². The van der Waals surface area contributed by atoms with Gasteiger partial charge in [0.15, 0.2) is 0 Å². The van der Waals surface area contributed by atoms with Crippen LogP contribution in [0.25, 0.3) is 0 Å². The second kappa shape index (κ2) is 7.51. The number of hydrogen-bond donors (Lipinski definition) is 3. The van der Waals surface area contributed by atoms with E-state index in [0.717, 1.165) is 12.8 Å². The van der Waals surface area contributed by atoms with Crippen LogP contribution in [-0.4, -0.2) is 35.9 Å². The van der Waals surface area contributed by atoms with Gasteiger partial charge in [0.25, 0.3) is 0 Å². The SMILES string of the molecule is CC(CC(F)(F)F)NC(=O)NCC1CCCCC1C(=O)O. The number of aliphatic carboxylic acids is 1. The lowest BCUT2D eigenvalue weighted by Gasteiger charge is -2.28. The van der Waals surface area contributed by atoms with Crippen LogP contribution in [0.3, 0.4) is 0 Å². The fourth-order valence-corrected chi connectivity index (χ4v) is 2.67. The van der Waals surface area contributed by atoms with Crippen molar-refractivity contribution in [3.05, 3.63) is 0 Å². The molecule has 3 unspecified atom stereocenters. The number of urea groups is 1. The average Bonchev–Trinajstić information content (AvgIpc) is 2.34. The highest BCUT2D eigenvalue weighted by Gasteiger charge is 2.32. The zero-order valence-corrected chi connectivity index (χ0v) is 11.9. The summed E-state index contributed by atoms with van der Waals surface area (Å²) < 4.78 is 36.4. The molecule has 8 heteroatoms.